The Morgan fingerprint density at radius 1 is 1.30 bits per heavy atom. The minimum Gasteiger partial charge on any atom is -0.507 e. The zero-order chi connectivity index (χ0) is 14.1. The molecule has 1 heterocycles. The van der Waals surface area contributed by atoms with Crippen LogP contribution in [-0.4, -0.2) is 23.5 Å². The zero-order valence-electron chi connectivity index (χ0n) is 10.7. The van der Waals surface area contributed by atoms with Crippen LogP contribution in [0.25, 0.3) is 20.8 Å². The van der Waals surface area contributed by atoms with E-state index in [0.717, 1.165) is 15.2 Å². The van der Waals surface area contributed by atoms with Gasteiger partial charge in [-0.3, -0.25) is 4.79 Å². The number of aldehydes is 1. The summed E-state index contributed by atoms with van der Waals surface area (Å²) in [4.78, 5) is 15.5. The van der Waals surface area contributed by atoms with E-state index in [2.05, 4.69) is 4.98 Å². The van der Waals surface area contributed by atoms with Gasteiger partial charge in [0.1, 0.15) is 16.5 Å². The van der Waals surface area contributed by atoms with E-state index in [0.29, 0.717) is 17.6 Å². The molecule has 1 N–H and O–H groups in total. The molecule has 0 bridgehead atoms. The molecule has 0 unspecified atom stereocenters. The van der Waals surface area contributed by atoms with E-state index in [4.69, 9.17) is 4.74 Å². The fourth-order valence-electron chi connectivity index (χ4n) is 2.00. The second-order valence-electron chi connectivity index (χ2n) is 4.22. The number of phenols is 1. The van der Waals surface area contributed by atoms with Crippen LogP contribution in [0.5, 0.6) is 11.5 Å². The number of methoxy groups -OCH3 is 1. The highest BCUT2D eigenvalue weighted by Crippen LogP contribution is 2.38. The summed E-state index contributed by atoms with van der Waals surface area (Å²) in [5.74, 6) is 0.397. The maximum Gasteiger partial charge on any atom is 0.153 e. The van der Waals surface area contributed by atoms with E-state index >= 15 is 0 Å². The van der Waals surface area contributed by atoms with Crippen LogP contribution in [-0.2, 0) is 0 Å². The molecule has 100 valence electrons. The summed E-state index contributed by atoms with van der Waals surface area (Å²) in [6, 6.07) is 10.8. The van der Waals surface area contributed by atoms with Crippen LogP contribution in [0.4, 0.5) is 0 Å². The van der Waals surface area contributed by atoms with Gasteiger partial charge in [0.05, 0.1) is 28.5 Å². The van der Waals surface area contributed by atoms with Crippen LogP contribution in [0.1, 0.15) is 10.4 Å². The molecule has 4 nitrogen and oxygen atoms in total. The molecule has 5 heteroatoms. The number of benzene rings is 2. The number of fused-ring (bicyclic) bond motifs is 1. The van der Waals surface area contributed by atoms with Gasteiger partial charge in [-0.1, -0.05) is 12.1 Å². The number of phenolic OH excluding ortho intramolecular Hbond substituents is 1. The average Bonchev–Trinajstić information content (AvgIpc) is 2.90. The van der Waals surface area contributed by atoms with Crippen molar-refractivity contribution in [2.45, 2.75) is 0 Å². The van der Waals surface area contributed by atoms with Gasteiger partial charge in [-0.25, -0.2) is 4.98 Å². The SMILES string of the molecule is COc1cc(O)c(C=O)cc1-c1nc2ccccc2s1. The Morgan fingerprint density at radius 2 is 2.10 bits per heavy atom. The van der Waals surface area contributed by atoms with E-state index in [9.17, 15) is 9.90 Å². The zero-order valence-corrected chi connectivity index (χ0v) is 11.5. The number of thiazole rings is 1. The average molecular weight is 285 g/mol. The summed E-state index contributed by atoms with van der Waals surface area (Å²) in [6.07, 6.45) is 0.617. The molecule has 0 fully saturated rings. The largest absolute Gasteiger partial charge is 0.507 e. The molecule has 0 amide bonds. The van der Waals surface area contributed by atoms with E-state index in [1.807, 2.05) is 24.3 Å². The standard InChI is InChI=1S/C15H11NO3S/c1-19-13-7-12(18)9(8-17)6-10(13)15-16-11-4-2-3-5-14(11)20-15/h2-8,18H,1H3. The lowest BCUT2D eigenvalue weighted by Crippen LogP contribution is -1.91. The normalized spacial score (nSPS) is 10.7. The van der Waals surface area contributed by atoms with Gasteiger partial charge in [-0.15, -0.1) is 11.3 Å². The number of carbonyl (C=O) groups is 1. The number of hydrogen-bond donors (Lipinski definition) is 1. The maximum atomic E-state index is 11.0. The second kappa shape index (κ2) is 4.94. The van der Waals surface area contributed by atoms with Crippen molar-refractivity contribution in [1.82, 2.24) is 4.98 Å². The molecule has 0 saturated carbocycles. The van der Waals surface area contributed by atoms with E-state index < -0.39 is 0 Å². The van der Waals surface area contributed by atoms with Crippen molar-refractivity contribution in [2.75, 3.05) is 7.11 Å². The van der Waals surface area contributed by atoms with Gasteiger partial charge in [0.2, 0.25) is 0 Å². The molecular weight excluding hydrogens is 274 g/mol. The second-order valence-corrected chi connectivity index (χ2v) is 5.25. The van der Waals surface area contributed by atoms with Gasteiger partial charge < -0.3 is 9.84 Å². The third-order valence-corrected chi connectivity index (χ3v) is 4.07. The van der Waals surface area contributed by atoms with Crippen molar-refractivity contribution in [3.05, 3.63) is 42.0 Å². The number of hydrogen-bond acceptors (Lipinski definition) is 5. The van der Waals surface area contributed by atoms with Crippen molar-refractivity contribution in [1.29, 1.82) is 0 Å². The number of para-hydroxylation sites is 1. The van der Waals surface area contributed by atoms with Crippen LogP contribution < -0.4 is 4.74 Å². The van der Waals surface area contributed by atoms with Crippen LogP contribution in [0.3, 0.4) is 0 Å². The maximum absolute atomic E-state index is 11.0. The number of carbonyl (C=O) groups excluding carboxylic acids is 1. The van der Waals surface area contributed by atoms with Crippen molar-refractivity contribution in [3.8, 4) is 22.1 Å². The van der Waals surface area contributed by atoms with Crippen LogP contribution in [0, 0.1) is 0 Å². The Morgan fingerprint density at radius 3 is 2.80 bits per heavy atom. The topological polar surface area (TPSA) is 59.4 Å². The Labute approximate surface area is 119 Å². The van der Waals surface area contributed by atoms with Crippen molar-refractivity contribution >= 4 is 27.8 Å². The molecule has 2 aromatic carbocycles. The monoisotopic (exact) mass is 285 g/mol. The summed E-state index contributed by atoms with van der Waals surface area (Å²) in [6.45, 7) is 0. The van der Waals surface area contributed by atoms with Gasteiger partial charge in [-0.2, -0.15) is 0 Å². The van der Waals surface area contributed by atoms with Gasteiger partial charge in [0.15, 0.2) is 6.29 Å². The molecule has 0 radical (unpaired) electrons. The number of ether oxygens (including phenoxy) is 1. The highest BCUT2D eigenvalue weighted by Gasteiger charge is 2.15. The molecule has 0 saturated heterocycles. The van der Waals surface area contributed by atoms with Gasteiger partial charge in [0, 0.05) is 6.07 Å². The quantitative estimate of drug-likeness (QED) is 0.748. The highest BCUT2D eigenvalue weighted by molar-refractivity contribution is 7.21. The Kier molecular flexibility index (Phi) is 3.12. The first-order valence-corrected chi connectivity index (χ1v) is 6.76. The first kappa shape index (κ1) is 12.6. The molecule has 0 spiro atoms. The lowest BCUT2D eigenvalue weighted by molar-refractivity contribution is 0.112. The fourth-order valence-corrected chi connectivity index (χ4v) is 2.99. The lowest BCUT2D eigenvalue weighted by Gasteiger charge is -2.08. The summed E-state index contributed by atoms with van der Waals surface area (Å²) in [7, 11) is 1.52. The molecule has 3 rings (SSSR count). The van der Waals surface area contributed by atoms with E-state index in [-0.39, 0.29) is 11.3 Å². The van der Waals surface area contributed by atoms with E-state index in [1.54, 1.807) is 6.07 Å². The van der Waals surface area contributed by atoms with Crippen molar-refractivity contribution < 1.29 is 14.6 Å². The van der Waals surface area contributed by atoms with Gasteiger partial charge in [0.25, 0.3) is 0 Å². The minimum atomic E-state index is -0.0956. The third kappa shape index (κ3) is 2.02. The molecule has 0 aliphatic heterocycles. The van der Waals surface area contributed by atoms with Gasteiger partial charge >= 0.3 is 0 Å². The molecule has 20 heavy (non-hydrogen) atoms. The van der Waals surface area contributed by atoms with E-state index in [1.165, 1.54) is 24.5 Å². The number of aromatic nitrogens is 1. The first-order chi connectivity index (χ1) is 9.72. The lowest BCUT2D eigenvalue weighted by atomic mass is 10.1. The predicted octanol–water partition coefficient (Wildman–Crippen LogP) is 3.49. The predicted molar refractivity (Wildman–Crippen MR) is 78.7 cm³/mol. The Hall–Kier alpha value is -2.40. The van der Waals surface area contributed by atoms with Crippen LogP contribution in [0.2, 0.25) is 0 Å². The number of aromatic hydroxyl groups is 1. The number of nitrogens with zero attached hydrogens (tertiary/aromatic N) is 1. The summed E-state index contributed by atoms with van der Waals surface area (Å²) < 4.78 is 6.33. The molecule has 0 aliphatic rings. The van der Waals surface area contributed by atoms with Crippen molar-refractivity contribution in [2.24, 2.45) is 0 Å². The van der Waals surface area contributed by atoms with Crippen LogP contribution in [0.15, 0.2) is 36.4 Å². The summed E-state index contributed by atoms with van der Waals surface area (Å²) in [5.41, 5.74) is 1.82. The summed E-state index contributed by atoms with van der Waals surface area (Å²) in [5, 5.41) is 10.5. The third-order valence-electron chi connectivity index (χ3n) is 3.00. The molecule has 1 aromatic heterocycles. The Bertz CT molecular complexity index is 762. The fraction of sp³-hybridized carbons (Fsp3) is 0.0667. The molecule has 3 aromatic rings. The smallest absolute Gasteiger partial charge is 0.153 e. The van der Waals surface area contributed by atoms with Crippen molar-refractivity contribution in [3.63, 3.8) is 0 Å². The summed E-state index contributed by atoms with van der Waals surface area (Å²) >= 11 is 1.52. The molecular formula is C15H11NO3S. The highest BCUT2D eigenvalue weighted by atomic mass is 32.1. The minimum absolute atomic E-state index is 0.0956. The molecule has 0 aliphatic carbocycles. The van der Waals surface area contributed by atoms with Gasteiger partial charge in [-0.05, 0) is 18.2 Å². The number of rotatable bonds is 3. The van der Waals surface area contributed by atoms with Crippen LogP contribution >= 0.6 is 11.3 Å². The molecule has 0 atom stereocenters. The Balaban J connectivity index is 2.24. The first-order valence-electron chi connectivity index (χ1n) is 5.95.